The van der Waals surface area contributed by atoms with Gasteiger partial charge in [-0.05, 0) is 30.0 Å². The average molecular weight is 248 g/mol. The van der Waals surface area contributed by atoms with Crippen LogP contribution in [0.4, 0.5) is 8.78 Å². The third kappa shape index (κ3) is 3.16. The highest BCUT2D eigenvalue weighted by atomic mass is 35.5. The highest BCUT2D eigenvalue weighted by molar-refractivity contribution is 6.31. The zero-order chi connectivity index (χ0) is 12.3. The molecule has 1 nitrogen and oxygen atoms in total. The van der Waals surface area contributed by atoms with Gasteiger partial charge in [0.25, 0.3) is 0 Å². The lowest BCUT2D eigenvalue weighted by molar-refractivity contribution is 0.456. The molecule has 1 aromatic rings. The van der Waals surface area contributed by atoms with Crippen LogP contribution < -0.4 is 5.73 Å². The van der Waals surface area contributed by atoms with Crippen LogP contribution in [0.15, 0.2) is 12.1 Å². The summed E-state index contributed by atoms with van der Waals surface area (Å²) >= 11 is 5.84. The summed E-state index contributed by atoms with van der Waals surface area (Å²) in [5.74, 6) is -1.41. The number of halogens is 3. The second-order valence-electron chi connectivity index (χ2n) is 4.14. The summed E-state index contributed by atoms with van der Waals surface area (Å²) in [6.45, 7) is 4.12. The summed E-state index contributed by atoms with van der Waals surface area (Å²) in [6.07, 6.45) is 1.70. The molecule has 90 valence electrons. The van der Waals surface area contributed by atoms with E-state index < -0.39 is 11.6 Å². The zero-order valence-corrected chi connectivity index (χ0v) is 10.2. The lowest BCUT2D eigenvalue weighted by Crippen LogP contribution is -2.15. The number of benzene rings is 1. The summed E-state index contributed by atoms with van der Waals surface area (Å²) in [5, 5.41) is 0.190. The van der Waals surface area contributed by atoms with E-state index in [1.54, 1.807) is 0 Å². The van der Waals surface area contributed by atoms with E-state index in [1.165, 1.54) is 0 Å². The normalized spacial score (nSPS) is 14.9. The molecule has 1 aromatic carbocycles. The third-order valence-electron chi connectivity index (χ3n) is 2.79. The molecule has 0 heterocycles. The number of rotatable bonds is 4. The number of nitrogens with two attached hydrogens (primary N) is 1. The van der Waals surface area contributed by atoms with Gasteiger partial charge in [0.2, 0.25) is 0 Å². The lowest BCUT2D eigenvalue weighted by atomic mass is 9.95. The van der Waals surface area contributed by atoms with Crippen molar-refractivity contribution in [3.63, 3.8) is 0 Å². The molecule has 0 aliphatic heterocycles. The molecule has 4 heteroatoms. The fourth-order valence-electron chi connectivity index (χ4n) is 1.55. The van der Waals surface area contributed by atoms with Crippen molar-refractivity contribution in [3.05, 3.63) is 34.4 Å². The standard InChI is InChI=1S/C12H16ClF2N/c1-3-7(2)4-12(16)8-5-10(14)11(15)6-9(8)13/h5-7,12H,3-4,16H2,1-2H3. The summed E-state index contributed by atoms with van der Waals surface area (Å²) in [6, 6.07) is 1.71. The van der Waals surface area contributed by atoms with Gasteiger partial charge in [0.15, 0.2) is 11.6 Å². The minimum Gasteiger partial charge on any atom is -0.324 e. The molecule has 0 spiro atoms. The molecule has 0 saturated heterocycles. The highest BCUT2D eigenvalue weighted by Gasteiger charge is 2.16. The lowest BCUT2D eigenvalue weighted by Gasteiger charge is -2.17. The molecule has 16 heavy (non-hydrogen) atoms. The van der Waals surface area contributed by atoms with Gasteiger partial charge in [0.05, 0.1) is 0 Å². The minimum absolute atomic E-state index is 0.190. The minimum atomic E-state index is -0.940. The predicted octanol–water partition coefficient (Wildman–Crippen LogP) is 4.05. The van der Waals surface area contributed by atoms with E-state index in [4.69, 9.17) is 17.3 Å². The van der Waals surface area contributed by atoms with E-state index in [1.807, 2.05) is 0 Å². The topological polar surface area (TPSA) is 26.0 Å². The van der Waals surface area contributed by atoms with Crippen molar-refractivity contribution in [2.45, 2.75) is 32.7 Å². The van der Waals surface area contributed by atoms with Crippen molar-refractivity contribution in [3.8, 4) is 0 Å². The molecule has 2 atom stereocenters. The van der Waals surface area contributed by atoms with E-state index in [2.05, 4.69) is 13.8 Å². The first kappa shape index (κ1) is 13.4. The number of hydrogen-bond acceptors (Lipinski definition) is 1. The Bertz CT molecular complexity index is 368. The van der Waals surface area contributed by atoms with Crippen molar-refractivity contribution < 1.29 is 8.78 Å². The molecule has 0 radical (unpaired) electrons. The van der Waals surface area contributed by atoms with Gasteiger partial charge >= 0.3 is 0 Å². The van der Waals surface area contributed by atoms with Crippen molar-refractivity contribution in [2.75, 3.05) is 0 Å². The van der Waals surface area contributed by atoms with Gasteiger partial charge in [-0.15, -0.1) is 0 Å². The summed E-state index contributed by atoms with van der Waals surface area (Å²) in [4.78, 5) is 0. The fourth-order valence-corrected chi connectivity index (χ4v) is 1.84. The van der Waals surface area contributed by atoms with E-state index in [9.17, 15) is 8.78 Å². The predicted molar refractivity (Wildman–Crippen MR) is 62.4 cm³/mol. The van der Waals surface area contributed by atoms with Crippen LogP contribution in [0, 0.1) is 17.6 Å². The summed E-state index contributed by atoms with van der Waals surface area (Å²) in [7, 11) is 0. The van der Waals surface area contributed by atoms with Crippen LogP contribution in [0.1, 0.15) is 38.3 Å². The van der Waals surface area contributed by atoms with E-state index in [-0.39, 0.29) is 11.1 Å². The Hall–Kier alpha value is -0.670. The first-order chi connectivity index (χ1) is 7.45. The first-order valence-corrected chi connectivity index (χ1v) is 5.73. The SMILES string of the molecule is CCC(C)CC(N)c1cc(F)c(F)cc1Cl. The van der Waals surface area contributed by atoms with Crippen LogP contribution >= 0.6 is 11.6 Å². The molecule has 0 amide bonds. The van der Waals surface area contributed by atoms with Gasteiger partial charge in [0, 0.05) is 11.1 Å². The van der Waals surface area contributed by atoms with E-state index in [0.29, 0.717) is 17.9 Å². The third-order valence-corrected chi connectivity index (χ3v) is 3.12. The molecule has 0 aromatic heterocycles. The molecular weight excluding hydrogens is 232 g/mol. The van der Waals surface area contributed by atoms with Gasteiger partial charge in [-0.1, -0.05) is 31.9 Å². The molecule has 0 saturated carbocycles. The maximum Gasteiger partial charge on any atom is 0.160 e. The molecule has 1 rings (SSSR count). The number of hydrogen-bond donors (Lipinski definition) is 1. The molecule has 2 N–H and O–H groups in total. The van der Waals surface area contributed by atoms with Crippen molar-refractivity contribution in [1.29, 1.82) is 0 Å². The van der Waals surface area contributed by atoms with Crippen molar-refractivity contribution >= 4 is 11.6 Å². The molecule has 0 bridgehead atoms. The molecule has 2 unspecified atom stereocenters. The van der Waals surface area contributed by atoms with Crippen molar-refractivity contribution in [1.82, 2.24) is 0 Å². The van der Waals surface area contributed by atoms with Crippen LogP contribution in [-0.4, -0.2) is 0 Å². The van der Waals surface area contributed by atoms with Crippen LogP contribution in [0.3, 0.4) is 0 Å². The van der Waals surface area contributed by atoms with E-state index >= 15 is 0 Å². The Morgan fingerprint density at radius 3 is 2.44 bits per heavy atom. The summed E-state index contributed by atoms with van der Waals surface area (Å²) in [5.41, 5.74) is 6.39. The van der Waals surface area contributed by atoms with Crippen LogP contribution in [-0.2, 0) is 0 Å². The Morgan fingerprint density at radius 1 is 1.31 bits per heavy atom. The average Bonchev–Trinajstić information content (AvgIpc) is 2.23. The molecule has 0 aliphatic carbocycles. The fraction of sp³-hybridized carbons (Fsp3) is 0.500. The van der Waals surface area contributed by atoms with Crippen LogP contribution in [0.2, 0.25) is 5.02 Å². The maximum absolute atomic E-state index is 13.0. The van der Waals surface area contributed by atoms with Gasteiger partial charge < -0.3 is 5.73 Å². The van der Waals surface area contributed by atoms with Gasteiger partial charge in [-0.25, -0.2) is 8.78 Å². The second kappa shape index (κ2) is 5.60. The van der Waals surface area contributed by atoms with Gasteiger partial charge in [-0.3, -0.25) is 0 Å². The Kier molecular flexibility index (Phi) is 4.69. The Labute approximate surface area is 99.6 Å². The zero-order valence-electron chi connectivity index (χ0n) is 9.43. The van der Waals surface area contributed by atoms with Crippen LogP contribution in [0.5, 0.6) is 0 Å². The van der Waals surface area contributed by atoms with E-state index in [0.717, 1.165) is 18.6 Å². The molecule has 0 fully saturated rings. The Balaban J connectivity index is 2.91. The monoisotopic (exact) mass is 247 g/mol. The van der Waals surface area contributed by atoms with Crippen LogP contribution in [0.25, 0.3) is 0 Å². The van der Waals surface area contributed by atoms with Gasteiger partial charge in [0.1, 0.15) is 0 Å². The largest absolute Gasteiger partial charge is 0.324 e. The van der Waals surface area contributed by atoms with Gasteiger partial charge in [-0.2, -0.15) is 0 Å². The first-order valence-electron chi connectivity index (χ1n) is 5.35. The summed E-state index contributed by atoms with van der Waals surface area (Å²) < 4.78 is 25.9. The van der Waals surface area contributed by atoms with Crippen molar-refractivity contribution in [2.24, 2.45) is 11.7 Å². The molecular formula is C12H16ClF2N. The smallest absolute Gasteiger partial charge is 0.160 e. The quantitative estimate of drug-likeness (QED) is 0.798. The highest BCUT2D eigenvalue weighted by Crippen LogP contribution is 2.28. The second-order valence-corrected chi connectivity index (χ2v) is 4.55. The molecule has 0 aliphatic rings. The maximum atomic E-state index is 13.0. The Morgan fingerprint density at radius 2 is 1.88 bits per heavy atom.